The molecule has 2 rings (SSSR count). The van der Waals surface area contributed by atoms with Crippen LogP contribution in [-0.2, 0) is 14.6 Å². The van der Waals surface area contributed by atoms with E-state index in [1.165, 1.54) is 6.26 Å². The third-order valence-corrected chi connectivity index (χ3v) is 3.82. The van der Waals surface area contributed by atoms with Crippen molar-refractivity contribution in [3.63, 3.8) is 0 Å². The second kappa shape index (κ2) is 5.01. The van der Waals surface area contributed by atoms with Crippen LogP contribution in [0.15, 0.2) is 23.2 Å². The summed E-state index contributed by atoms with van der Waals surface area (Å²) in [7, 11) is -3.25. The first-order chi connectivity index (χ1) is 8.07. The Bertz CT molecular complexity index is 481. The Balaban J connectivity index is 2.09. The summed E-state index contributed by atoms with van der Waals surface area (Å²) >= 11 is 0. The van der Waals surface area contributed by atoms with E-state index in [2.05, 4.69) is 10.3 Å². The van der Waals surface area contributed by atoms with Gasteiger partial charge < -0.3 is 10.1 Å². The summed E-state index contributed by atoms with van der Waals surface area (Å²) in [6.07, 6.45) is 4.99. The van der Waals surface area contributed by atoms with Crippen molar-refractivity contribution < 1.29 is 13.2 Å². The first-order valence-electron chi connectivity index (χ1n) is 5.58. The molecule has 0 radical (unpaired) electrons. The molecule has 1 aromatic rings. The van der Waals surface area contributed by atoms with E-state index in [1.807, 2.05) is 0 Å². The van der Waals surface area contributed by atoms with E-state index in [9.17, 15) is 8.42 Å². The van der Waals surface area contributed by atoms with Gasteiger partial charge in [0, 0.05) is 25.6 Å². The quantitative estimate of drug-likeness (QED) is 0.873. The molecule has 0 aromatic carbocycles. The van der Waals surface area contributed by atoms with Gasteiger partial charge in [-0.1, -0.05) is 0 Å². The highest BCUT2D eigenvalue weighted by Gasteiger charge is 2.18. The van der Waals surface area contributed by atoms with Gasteiger partial charge in [-0.25, -0.2) is 13.4 Å². The smallest absolute Gasteiger partial charge is 0.179 e. The van der Waals surface area contributed by atoms with Crippen molar-refractivity contribution in [3.8, 4) is 0 Å². The Morgan fingerprint density at radius 3 is 3.06 bits per heavy atom. The van der Waals surface area contributed by atoms with Crippen molar-refractivity contribution in [2.24, 2.45) is 0 Å². The zero-order valence-corrected chi connectivity index (χ0v) is 10.5. The van der Waals surface area contributed by atoms with Crippen LogP contribution in [0.4, 0.5) is 5.82 Å². The van der Waals surface area contributed by atoms with Crippen molar-refractivity contribution in [3.05, 3.63) is 18.3 Å². The molecule has 5 nitrogen and oxygen atoms in total. The van der Waals surface area contributed by atoms with Crippen molar-refractivity contribution in [2.75, 3.05) is 24.7 Å². The van der Waals surface area contributed by atoms with Gasteiger partial charge >= 0.3 is 0 Å². The van der Waals surface area contributed by atoms with E-state index < -0.39 is 9.84 Å². The van der Waals surface area contributed by atoms with Gasteiger partial charge in [-0.15, -0.1) is 0 Å². The minimum Gasteiger partial charge on any atom is -0.376 e. The highest BCUT2D eigenvalue weighted by Crippen LogP contribution is 2.19. The summed E-state index contributed by atoms with van der Waals surface area (Å²) in [4.78, 5) is 4.29. The molecule has 1 fully saturated rings. The standard InChI is InChI=1S/C11H16N2O3S/c1-17(14,15)10-5-2-6-12-11(10)13-8-9-4-3-7-16-9/h2,5-6,9H,3-4,7-8H2,1H3,(H,12,13). The zero-order chi connectivity index (χ0) is 12.3. The third-order valence-electron chi connectivity index (χ3n) is 2.69. The molecule has 1 saturated heterocycles. The predicted octanol–water partition coefficient (Wildman–Crippen LogP) is 1.08. The lowest BCUT2D eigenvalue weighted by Gasteiger charge is -2.13. The second-order valence-corrected chi connectivity index (χ2v) is 6.12. The fourth-order valence-electron chi connectivity index (χ4n) is 1.84. The van der Waals surface area contributed by atoms with E-state index in [0.29, 0.717) is 12.4 Å². The number of hydrogen-bond acceptors (Lipinski definition) is 5. The van der Waals surface area contributed by atoms with Crippen molar-refractivity contribution in [1.82, 2.24) is 4.98 Å². The molecule has 1 atom stereocenters. The Kier molecular flexibility index (Phi) is 3.63. The van der Waals surface area contributed by atoms with E-state index in [1.54, 1.807) is 18.3 Å². The van der Waals surface area contributed by atoms with Crippen LogP contribution in [0, 0.1) is 0 Å². The minimum atomic E-state index is -3.25. The number of pyridine rings is 1. The predicted molar refractivity (Wildman–Crippen MR) is 64.8 cm³/mol. The van der Waals surface area contributed by atoms with Crippen molar-refractivity contribution in [1.29, 1.82) is 0 Å². The van der Waals surface area contributed by atoms with Gasteiger partial charge in [0.05, 0.1) is 6.10 Å². The summed E-state index contributed by atoms with van der Waals surface area (Å²) in [5.41, 5.74) is 0. The van der Waals surface area contributed by atoms with Gasteiger partial charge in [-0.05, 0) is 25.0 Å². The molecule has 1 aromatic heterocycles. The monoisotopic (exact) mass is 256 g/mol. The molecule has 2 heterocycles. The maximum absolute atomic E-state index is 11.5. The van der Waals surface area contributed by atoms with Crippen LogP contribution in [0.5, 0.6) is 0 Å². The van der Waals surface area contributed by atoms with Crippen LogP contribution in [-0.4, -0.2) is 38.9 Å². The van der Waals surface area contributed by atoms with Gasteiger partial charge in [0.1, 0.15) is 10.7 Å². The highest BCUT2D eigenvalue weighted by molar-refractivity contribution is 7.90. The van der Waals surface area contributed by atoms with Crippen LogP contribution in [0.25, 0.3) is 0 Å². The largest absolute Gasteiger partial charge is 0.376 e. The Labute approximate surface area is 101 Å². The summed E-state index contributed by atoms with van der Waals surface area (Å²) in [6.45, 7) is 1.38. The van der Waals surface area contributed by atoms with Gasteiger partial charge in [0.25, 0.3) is 0 Å². The number of nitrogens with one attached hydrogen (secondary N) is 1. The number of hydrogen-bond donors (Lipinski definition) is 1. The maximum Gasteiger partial charge on any atom is 0.179 e. The van der Waals surface area contributed by atoms with Crippen molar-refractivity contribution in [2.45, 2.75) is 23.8 Å². The molecule has 0 spiro atoms. The number of sulfone groups is 1. The molecular weight excluding hydrogens is 240 g/mol. The maximum atomic E-state index is 11.5. The summed E-state index contributed by atoms with van der Waals surface area (Å²) in [5, 5.41) is 3.05. The van der Waals surface area contributed by atoms with Gasteiger partial charge in [0.2, 0.25) is 0 Å². The zero-order valence-electron chi connectivity index (χ0n) is 9.72. The number of nitrogens with zero attached hydrogens (tertiary/aromatic N) is 1. The highest BCUT2D eigenvalue weighted by atomic mass is 32.2. The first kappa shape index (κ1) is 12.3. The number of ether oxygens (including phenoxy) is 1. The van der Waals surface area contributed by atoms with Crippen LogP contribution >= 0.6 is 0 Å². The summed E-state index contributed by atoms with van der Waals surface area (Å²) in [6, 6.07) is 3.17. The lowest BCUT2D eigenvalue weighted by molar-refractivity contribution is 0.120. The number of anilines is 1. The Morgan fingerprint density at radius 1 is 1.59 bits per heavy atom. The molecule has 0 bridgehead atoms. The van der Waals surface area contributed by atoms with E-state index in [-0.39, 0.29) is 11.0 Å². The molecule has 1 aliphatic rings. The molecule has 0 amide bonds. The molecule has 1 N–H and O–H groups in total. The fourth-order valence-corrected chi connectivity index (χ4v) is 2.64. The van der Waals surface area contributed by atoms with E-state index >= 15 is 0 Å². The molecule has 17 heavy (non-hydrogen) atoms. The van der Waals surface area contributed by atoms with Gasteiger partial charge in [0.15, 0.2) is 9.84 Å². The lowest BCUT2D eigenvalue weighted by Crippen LogP contribution is -2.20. The van der Waals surface area contributed by atoms with Crippen molar-refractivity contribution >= 4 is 15.7 Å². The van der Waals surface area contributed by atoms with Crippen LogP contribution in [0.2, 0.25) is 0 Å². The molecule has 6 heteroatoms. The Hall–Kier alpha value is -1.14. The average molecular weight is 256 g/mol. The van der Waals surface area contributed by atoms with Crippen LogP contribution in [0.1, 0.15) is 12.8 Å². The Morgan fingerprint density at radius 2 is 2.41 bits per heavy atom. The fraction of sp³-hybridized carbons (Fsp3) is 0.545. The number of aromatic nitrogens is 1. The van der Waals surface area contributed by atoms with Gasteiger partial charge in [-0.3, -0.25) is 0 Å². The number of rotatable bonds is 4. The first-order valence-corrected chi connectivity index (χ1v) is 7.47. The molecule has 0 saturated carbocycles. The van der Waals surface area contributed by atoms with Gasteiger partial charge in [-0.2, -0.15) is 0 Å². The molecule has 0 aliphatic carbocycles. The lowest BCUT2D eigenvalue weighted by atomic mass is 10.2. The van der Waals surface area contributed by atoms with E-state index in [0.717, 1.165) is 19.4 Å². The minimum absolute atomic E-state index is 0.157. The average Bonchev–Trinajstić information content (AvgIpc) is 2.78. The molecular formula is C11H16N2O3S. The third kappa shape index (κ3) is 3.17. The normalized spacial score (nSPS) is 20.4. The second-order valence-electron chi connectivity index (χ2n) is 4.14. The summed E-state index contributed by atoms with van der Waals surface area (Å²) in [5.74, 6) is 0.408. The van der Waals surface area contributed by atoms with E-state index in [4.69, 9.17) is 4.74 Å². The van der Waals surface area contributed by atoms with Crippen LogP contribution < -0.4 is 5.32 Å². The molecule has 94 valence electrons. The molecule has 1 unspecified atom stereocenters. The topological polar surface area (TPSA) is 68.3 Å². The summed E-state index contributed by atoms with van der Waals surface area (Å²) < 4.78 is 28.5. The SMILES string of the molecule is CS(=O)(=O)c1cccnc1NCC1CCCO1. The van der Waals surface area contributed by atoms with Crippen LogP contribution in [0.3, 0.4) is 0 Å². The molecule has 1 aliphatic heterocycles.